The molecule has 1 aliphatic rings. The standard InChI is InChI=1S/C17H26F2N2O/c1-13(2)10-21-7-6-20(12-15(21)5-8-22)11-14-3-4-16(18)17(19)9-14/h3-4,9,13,15,22H,5-8,10-12H2,1-2H3. The number of nitrogens with zero attached hydrogens (tertiary/aromatic N) is 2. The Morgan fingerprint density at radius 1 is 1.23 bits per heavy atom. The first-order valence-electron chi connectivity index (χ1n) is 8.00. The van der Waals surface area contributed by atoms with Crippen molar-refractivity contribution in [3.63, 3.8) is 0 Å². The maximum absolute atomic E-state index is 13.3. The van der Waals surface area contributed by atoms with Gasteiger partial charge in [-0.15, -0.1) is 0 Å². The summed E-state index contributed by atoms with van der Waals surface area (Å²) >= 11 is 0. The summed E-state index contributed by atoms with van der Waals surface area (Å²) < 4.78 is 26.3. The summed E-state index contributed by atoms with van der Waals surface area (Å²) in [5.41, 5.74) is 0.791. The van der Waals surface area contributed by atoms with E-state index in [1.165, 1.54) is 12.1 Å². The van der Waals surface area contributed by atoms with E-state index in [0.29, 0.717) is 18.5 Å². The summed E-state index contributed by atoms with van der Waals surface area (Å²) in [6, 6.07) is 4.42. The molecule has 0 radical (unpaired) electrons. The summed E-state index contributed by atoms with van der Waals surface area (Å²) in [5.74, 6) is -0.995. The zero-order valence-corrected chi connectivity index (χ0v) is 13.4. The van der Waals surface area contributed by atoms with Gasteiger partial charge in [-0.05, 0) is 30.0 Å². The first-order chi connectivity index (χ1) is 10.5. The molecule has 1 aliphatic heterocycles. The molecule has 1 aromatic rings. The predicted octanol–water partition coefficient (Wildman–Crippen LogP) is 2.49. The average molecular weight is 312 g/mol. The smallest absolute Gasteiger partial charge is 0.159 e. The monoisotopic (exact) mass is 312 g/mol. The number of piperazine rings is 1. The summed E-state index contributed by atoms with van der Waals surface area (Å²) in [7, 11) is 0. The Kier molecular flexibility index (Phi) is 6.29. The Morgan fingerprint density at radius 2 is 2.00 bits per heavy atom. The van der Waals surface area contributed by atoms with E-state index in [9.17, 15) is 13.9 Å². The SMILES string of the molecule is CC(C)CN1CCN(Cc2ccc(F)c(F)c2)CC1CCO. The molecule has 0 aromatic heterocycles. The molecular weight excluding hydrogens is 286 g/mol. The highest BCUT2D eigenvalue weighted by atomic mass is 19.2. The van der Waals surface area contributed by atoms with Gasteiger partial charge in [-0.3, -0.25) is 9.80 Å². The Bertz CT molecular complexity index is 482. The molecule has 5 heteroatoms. The van der Waals surface area contributed by atoms with Crippen LogP contribution in [-0.4, -0.2) is 53.7 Å². The third-order valence-electron chi connectivity index (χ3n) is 4.14. The van der Waals surface area contributed by atoms with Crippen LogP contribution < -0.4 is 0 Å². The van der Waals surface area contributed by atoms with Crippen molar-refractivity contribution in [1.82, 2.24) is 9.80 Å². The fraction of sp³-hybridized carbons (Fsp3) is 0.647. The van der Waals surface area contributed by atoms with Gasteiger partial charge in [0.2, 0.25) is 0 Å². The number of aliphatic hydroxyl groups excluding tert-OH is 1. The topological polar surface area (TPSA) is 26.7 Å². The second-order valence-corrected chi connectivity index (χ2v) is 6.54. The molecule has 0 aliphatic carbocycles. The first kappa shape index (κ1) is 17.3. The van der Waals surface area contributed by atoms with Crippen LogP contribution in [0, 0.1) is 17.6 Å². The largest absolute Gasteiger partial charge is 0.396 e. The lowest BCUT2D eigenvalue weighted by Crippen LogP contribution is -2.53. The Balaban J connectivity index is 1.97. The van der Waals surface area contributed by atoms with E-state index in [-0.39, 0.29) is 6.61 Å². The molecular formula is C17H26F2N2O. The third kappa shape index (κ3) is 4.73. The molecule has 1 atom stereocenters. The number of aliphatic hydroxyl groups is 1. The molecule has 0 saturated carbocycles. The molecule has 0 spiro atoms. The van der Waals surface area contributed by atoms with Crippen molar-refractivity contribution in [1.29, 1.82) is 0 Å². The molecule has 0 amide bonds. The molecule has 3 nitrogen and oxygen atoms in total. The summed E-state index contributed by atoms with van der Waals surface area (Å²) in [6.45, 7) is 8.94. The molecule has 1 aromatic carbocycles. The van der Waals surface area contributed by atoms with Crippen molar-refractivity contribution in [3.8, 4) is 0 Å². The van der Waals surface area contributed by atoms with Crippen LogP contribution in [0.4, 0.5) is 8.78 Å². The Hall–Kier alpha value is -1.04. The molecule has 22 heavy (non-hydrogen) atoms. The van der Waals surface area contributed by atoms with Gasteiger partial charge >= 0.3 is 0 Å². The number of hydrogen-bond acceptors (Lipinski definition) is 3. The van der Waals surface area contributed by atoms with E-state index in [1.807, 2.05) is 0 Å². The van der Waals surface area contributed by atoms with Gasteiger partial charge in [0.1, 0.15) is 0 Å². The van der Waals surface area contributed by atoms with Crippen LogP contribution in [0.1, 0.15) is 25.8 Å². The van der Waals surface area contributed by atoms with Gasteiger partial charge in [0.15, 0.2) is 11.6 Å². The molecule has 2 rings (SSSR count). The second kappa shape index (κ2) is 7.99. The normalized spacial score (nSPS) is 20.7. The van der Waals surface area contributed by atoms with Crippen LogP contribution in [0.25, 0.3) is 0 Å². The van der Waals surface area contributed by atoms with Crippen LogP contribution in [0.3, 0.4) is 0 Å². The van der Waals surface area contributed by atoms with Gasteiger partial charge < -0.3 is 5.11 Å². The molecule has 1 saturated heterocycles. The van der Waals surface area contributed by atoms with Crippen LogP contribution in [0.15, 0.2) is 18.2 Å². The van der Waals surface area contributed by atoms with E-state index >= 15 is 0 Å². The Morgan fingerprint density at radius 3 is 2.64 bits per heavy atom. The maximum Gasteiger partial charge on any atom is 0.159 e. The van der Waals surface area contributed by atoms with Gasteiger partial charge in [0.25, 0.3) is 0 Å². The van der Waals surface area contributed by atoms with Crippen molar-refractivity contribution < 1.29 is 13.9 Å². The van der Waals surface area contributed by atoms with E-state index in [1.54, 1.807) is 6.07 Å². The maximum atomic E-state index is 13.3. The van der Waals surface area contributed by atoms with Gasteiger partial charge in [-0.25, -0.2) is 8.78 Å². The zero-order valence-electron chi connectivity index (χ0n) is 13.4. The van der Waals surface area contributed by atoms with Crippen molar-refractivity contribution in [2.75, 3.05) is 32.8 Å². The molecule has 1 fully saturated rings. The molecule has 124 valence electrons. The van der Waals surface area contributed by atoms with Crippen LogP contribution >= 0.6 is 0 Å². The predicted molar refractivity (Wildman–Crippen MR) is 83.5 cm³/mol. The van der Waals surface area contributed by atoms with E-state index < -0.39 is 11.6 Å². The lowest BCUT2D eigenvalue weighted by atomic mass is 10.1. The van der Waals surface area contributed by atoms with Crippen LogP contribution in [0.2, 0.25) is 0 Å². The minimum absolute atomic E-state index is 0.179. The van der Waals surface area contributed by atoms with Gasteiger partial charge in [-0.1, -0.05) is 19.9 Å². The fourth-order valence-electron chi connectivity index (χ4n) is 3.13. The molecule has 1 N–H and O–H groups in total. The minimum atomic E-state index is -0.802. The highest BCUT2D eigenvalue weighted by molar-refractivity contribution is 5.17. The number of halogens is 2. The second-order valence-electron chi connectivity index (χ2n) is 6.54. The van der Waals surface area contributed by atoms with Crippen LogP contribution in [-0.2, 0) is 6.54 Å². The number of benzene rings is 1. The highest BCUT2D eigenvalue weighted by Gasteiger charge is 2.26. The average Bonchev–Trinajstić information content (AvgIpc) is 2.45. The Labute approximate surface area is 131 Å². The summed E-state index contributed by atoms with van der Waals surface area (Å²) in [5, 5.41) is 9.28. The van der Waals surface area contributed by atoms with Gasteiger partial charge in [0.05, 0.1) is 0 Å². The number of rotatable bonds is 6. The lowest BCUT2D eigenvalue weighted by Gasteiger charge is -2.42. The van der Waals surface area contributed by atoms with Crippen molar-refractivity contribution >= 4 is 0 Å². The van der Waals surface area contributed by atoms with Crippen LogP contribution in [0.5, 0.6) is 0 Å². The summed E-state index contributed by atoms with van der Waals surface area (Å²) in [6.07, 6.45) is 0.751. The summed E-state index contributed by atoms with van der Waals surface area (Å²) in [4.78, 5) is 4.69. The van der Waals surface area contributed by atoms with E-state index in [0.717, 1.165) is 38.2 Å². The van der Waals surface area contributed by atoms with Crippen molar-refractivity contribution in [2.24, 2.45) is 5.92 Å². The first-order valence-corrected chi connectivity index (χ1v) is 8.00. The quantitative estimate of drug-likeness (QED) is 0.874. The lowest BCUT2D eigenvalue weighted by molar-refractivity contribution is 0.0476. The van der Waals surface area contributed by atoms with Gasteiger partial charge in [0, 0.05) is 45.4 Å². The van der Waals surface area contributed by atoms with E-state index in [4.69, 9.17) is 0 Å². The van der Waals surface area contributed by atoms with Crippen molar-refractivity contribution in [3.05, 3.63) is 35.4 Å². The van der Waals surface area contributed by atoms with Crippen molar-refractivity contribution in [2.45, 2.75) is 32.9 Å². The molecule has 1 unspecified atom stereocenters. The third-order valence-corrected chi connectivity index (χ3v) is 4.14. The highest BCUT2D eigenvalue weighted by Crippen LogP contribution is 2.18. The minimum Gasteiger partial charge on any atom is -0.396 e. The molecule has 1 heterocycles. The zero-order chi connectivity index (χ0) is 16.1. The van der Waals surface area contributed by atoms with Gasteiger partial charge in [-0.2, -0.15) is 0 Å². The molecule has 0 bridgehead atoms. The fourth-order valence-corrected chi connectivity index (χ4v) is 3.13. The number of hydrogen-bond donors (Lipinski definition) is 1. The van der Waals surface area contributed by atoms with E-state index in [2.05, 4.69) is 23.6 Å².